The van der Waals surface area contributed by atoms with Crippen LogP contribution in [0.5, 0.6) is 0 Å². The smallest absolute Gasteiger partial charge is 0.226 e. The molecule has 0 saturated heterocycles. The lowest BCUT2D eigenvalue weighted by atomic mass is 9.89. The molecule has 2 aromatic carbocycles. The lowest BCUT2D eigenvalue weighted by molar-refractivity contribution is -0.118. The molecule has 1 aliphatic rings. The first-order valence-electron chi connectivity index (χ1n) is 8.80. The van der Waals surface area contributed by atoms with Crippen LogP contribution in [-0.2, 0) is 9.59 Å². The lowest BCUT2D eigenvalue weighted by Crippen LogP contribution is -2.47. The second kappa shape index (κ2) is 7.09. The van der Waals surface area contributed by atoms with Gasteiger partial charge in [0.25, 0.3) is 0 Å². The lowest BCUT2D eigenvalue weighted by Gasteiger charge is -2.43. The SMILES string of the molecule is CCC(=O)N1c2ccccc2[C@@H](N(C(C)=O)c2ccccc2)C[C@H]1C. The fraction of sp³-hybridized carbons (Fsp3) is 0.333. The van der Waals surface area contributed by atoms with Crippen molar-refractivity contribution in [2.24, 2.45) is 0 Å². The summed E-state index contributed by atoms with van der Waals surface area (Å²) < 4.78 is 0. The summed E-state index contributed by atoms with van der Waals surface area (Å²) in [6, 6.07) is 17.6. The molecular weight excluding hydrogens is 312 g/mol. The van der Waals surface area contributed by atoms with Crippen molar-refractivity contribution in [2.45, 2.75) is 45.7 Å². The molecule has 2 atom stereocenters. The van der Waals surface area contributed by atoms with Gasteiger partial charge in [-0.3, -0.25) is 9.59 Å². The zero-order valence-electron chi connectivity index (χ0n) is 15.0. The number of amides is 2. The number of anilines is 2. The van der Waals surface area contributed by atoms with E-state index in [0.717, 1.165) is 23.4 Å². The van der Waals surface area contributed by atoms with Gasteiger partial charge in [0.1, 0.15) is 0 Å². The molecule has 0 saturated carbocycles. The quantitative estimate of drug-likeness (QED) is 0.838. The van der Waals surface area contributed by atoms with Crippen molar-refractivity contribution < 1.29 is 9.59 Å². The molecule has 0 N–H and O–H groups in total. The highest BCUT2D eigenvalue weighted by Gasteiger charge is 2.37. The van der Waals surface area contributed by atoms with Crippen molar-refractivity contribution >= 4 is 23.2 Å². The van der Waals surface area contributed by atoms with Gasteiger partial charge >= 0.3 is 0 Å². The Labute approximate surface area is 149 Å². The highest BCUT2D eigenvalue weighted by Crippen LogP contribution is 2.42. The standard InChI is InChI=1S/C21H24N2O2/c1-4-21(25)22-15(2)14-20(18-12-8-9-13-19(18)22)23(16(3)24)17-10-6-5-7-11-17/h5-13,15,20H,4,14H2,1-3H3/t15-,20+/m1/s1. The molecule has 130 valence electrons. The molecule has 25 heavy (non-hydrogen) atoms. The van der Waals surface area contributed by atoms with E-state index in [9.17, 15) is 9.59 Å². The Kier molecular flexibility index (Phi) is 4.88. The maximum Gasteiger partial charge on any atom is 0.226 e. The number of benzene rings is 2. The molecule has 0 aromatic heterocycles. The molecule has 2 amide bonds. The van der Waals surface area contributed by atoms with Gasteiger partial charge in [-0.25, -0.2) is 0 Å². The Hall–Kier alpha value is -2.62. The van der Waals surface area contributed by atoms with E-state index in [-0.39, 0.29) is 23.9 Å². The monoisotopic (exact) mass is 336 g/mol. The minimum Gasteiger partial charge on any atom is -0.309 e. The van der Waals surface area contributed by atoms with Crippen LogP contribution in [0.15, 0.2) is 54.6 Å². The zero-order chi connectivity index (χ0) is 18.0. The normalized spacial score (nSPS) is 19.2. The summed E-state index contributed by atoms with van der Waals surface area (Å²) >= 11 is 0. The number of hydrogen-bond acceptors (Lipinski definition) is 2. The van der Waals surface area contributed by atoms with Crippen LogP contribution in [0.2, 0.25) is 0 Å². The van der Waals surface area contributed by atoms with E-state index in [1.165, 1.54) is 0 Å². The number of carbonyl (C=O) groups is 2. The average molecular weight is 336 g/mol. The molecule has 1 aliphatic heterocycles. The minimum absolute atomic E-state index is 0.00784. The Morgan fingerprint density at radius 1 is 1.08 bits per heavy atom. The molecule has 3 rings (SSSR count). The van der Waals surface area contributed by atoms with Gasteiger partial charge in [-0.15, -0.1) is 0 Å². The first kappa shape index (κ1) is 17.2. The van der Waals surface area contributed by atoms with Crippen molar-refractivity contribution in [3.8, 4) is 0 Å². The third kappa shape index (κ3) is 3.16. The van der Waals surface area contributed by atoms with Crippen molar-refractivity contribution in [1.82, 2.24) is 0 Å². The van der Waals surface area contributed by atoms with E-state index >= 15 is 0 Å². The van der Waals surface area contributed by atoms with Crippen LogP contribution in [0.3, 0.4) is 0 Å². The summed E-state index contributed by atoms with van der Waals surface area (Å²) in [7, 11) is 0. The number of nitrogens with zero attached hydrogens (tertiary/aromatic N) is 2. The average Bonchev–Trinajstić information content (AvgIpc) is 2.62. The number of carbonyl (C=O) groups excluding carboxylic acids is 2. The van der Waals surface area contributed by atoms with Crippen LogP contribution in [-0.4, -0.2) is 17.9 Å². The van der Waals surface area contributed by atoms with Crippen molar-refractivity contribution in [2.75, 3.05) is 9.80 Å². The number of rotatable bonds is 3. The maximum absolute atomic E-state index is 12.5. The second-order valence-electron chi connectivity index (χ2n) is 6.50. The molecule has 0 spiro atoms. The van der Waals surface area contributed by atoms with E-state index in [1.807, 2.05) is 71.3 Å². The van der Waals surface area contributed by atoms with Gasteiger partial charge in [-0.1, -0.05) is 43.3 Å². The van der Waals surface area contributed by atoms with Gasteiger partial charge in [-0.2, -0.15) is 0 Å². The summed E-state index contributed by atoms with van der Waals surface area (Å²) in [6.45, 7) is 5.54. The van der Waals surface area contributed by atoms with E-state index in [2.05, 4.69) is 6.92 Å². The molecular formula is C21H24N2O2. The van der Waals surface area contributed by atoms with E-state index in [1.54, 1.807) is 6.92 Å². The first-order chi connectivity index (χ1) is 12.0. The molecule has 0 unspecified atom stereocenters. The van der Waals surface area contributed by atoms with E-state index in [4.69, 9.17) is 0 Å². The summed E-state index contributed by atoms with van der Waals surface area (Å²) in [5.41, 5.74) is 2.83. The van der Waals surface area contributed by atoms with Crippen LogP contribution >= 0.6 is 0 Å². The highest BCUT2D eigenvalue weighted by molar-refractivity contribution is 5.97. The third-order valence-electron chi connectivity index (χ3n) is 4.82. The molecule has 0 aliphatic carbocycles. The fourth-order valence-corrected chi connectivity index (χ4v) is 3.75. The number of para-hydroxylation sites is 2. The predicted molar refractivity (Wildman–Crippen MR) is 101 cm³/mol. The topological polar surface area (TPSA) is 40.6 Å². The second-order valence-corrected chi connectivity index (χ2v) is 6.50. The van der Waals surface area contributed by atoms with Gasteiger partial charge in [0, 0.05) is 30.8 Å². The Morgan fingerprint density at radius 2 is 1.72 bits per heavy atom. The molecule has 0 bridgehead atoms. The predicted octanol–water partition coefficient (Wildman–Crippen LogP) is 4.32. The Morgan fingerprint density at radius 3 is 2.36 bits per heavy atom. The fourth-order valence-electron chi connectivity index (χ4n) is 3.75. The van der Waals surface area contributed by atoms with Crippen LogP contribution in [0.1, 0.15) is 45.2 Å². The van der Waals surface area contributed by atoms with E-state index in [0.29, 0.717) is 6.42 Å². The molecule has 4 nitrogen and oxygen atoms in total. The highest BCUT2D eigenvalue weighted by atomic mass is 16.2. The third-order valence-corrected chi connectivity index (χ3v) is 4.82. The summed E-state index contributed by atoms with van der Waals surface area (Å²) in [6.07, 6.45) is 1.19. The summed E-state index contributed by atoms with van der Waals surface area (Å²) in [5.74, 6) is 0.126. The van der Waals surface area contributed by atoms with Crippen LogP contribution in [0, 0.1) is 0 Å². The van der Waals surface area contributed by atoms with Crippen LogP contribution < -0.4 is 9.80 Å². The molecule has 1 heterocycles. The number of hydrogen-bond donors (Lipinski definition) is 0. The van der Waals surface area contributed by atoms with Crippen molar-refractivity contribution in [1.29, 1.82) is 0 Å². The van der Waals surface area contributed by atoms with Gasteiger partial charge in [0.05, 0.1) is 6.04 Å². The van der Waals surface area contributed by atoms with Crippen molar-refractivity contribution in [3.63, 3.8) is 0 Å². The number of fused-ring (bicyclic) bond motifs is 1. The van der Waals surface area contributed by atoms with Crippen LogP contribution in [0.4, 0.5) is 11.4 Å². The molecule has 4 heteroatoms. The molecule has 0 fully saturated rings. The minimum atomic E-state index is -0.0768. The molecule has 2 aromatic rings. The van der Waals surface area contributed by atoms with Gasteiger partial charge in [0.15, 0.2) is 0 Å². The first-order valence-corrected chi connectivity index (χ1v) is 8.80. The van der Waals surface area contributed by atoms with Crippen molar-refractivity contribution in [3.05, 3.63) is 60.2 Å². The van der Waals surface area contributed by atoms with E-state index < -0.39 is 0 Å². The zero-order valence-corrected chi connectivity index (χ0v) is 15.0. The van der Waals surface area contributed by atoms with Crippen LogP contribution in [0.25, 0.3) is 0 Å². The Bertz CT molecular complexity index is 772. The maximum atomic E-state index is 12.5. The summed E-state index contributed by atoms with van der Waals surface area (Å²) in [4.78, 5) is 28.7. The van der Waals surface area contributed by atoms with Gasteiger partial charge < -0.3 is 9.80 Å². The van der Waals surface area contributed by atoms with Gasteiger partial charge in [-0.05, 0) is 37.1 Å². The van der Waals surface area contributed by atoms with Gasteiger partial charge in [0.2, 0.25) is 11.8 Å². The Balaban J connectivity index is 2.10. The summed E-state index contributed by atoms with van der Waals surface area (Å²) in [5, 5.41) is 0. The largest absolute Gasteiger partial charge is 0.309 e. The molecule has 0 radical (unpaired) electrons.